The Labute approximate surface area is 101 Å². The molecule has 5 heteroatoms. The molecule has 5 nitrogen and oxygen atoms in total. The number of nitrogen functional groups attached to an aromatic ring is 1. The fourth-order valence-electron chi connectivity index (χ4n) is 1.35. The molecule has 0 saturated heterocycles. The molecule has 1 aromatic carbocycles. The van der Waals surface area contributed by atoms with Crippen molar-refractivity contribution in [3.63, 3.8) is 0 Å². The zero-order chi connectivity index (χ0) is 12.8. The topological polar surface area (TPSA) is 84.6 Å². The second-order valence-electron chi connectivity index (χ2n) is 3.73. The normalized spacial score (nSPS) is 11.9. The number of amides is 1. The van der Waals surface area contributed by atoms with E-state index in [0.29, 0.717) is 23.4 Å². The third-order valence-corrected chi connectivity index (χ3v) is 2.44. The summed E-state index contributed by atoms with van der Waals surface area (Å²) in [6.07, 6.45) is 0.0555. The number of hydrogen-bond acceptors (Lipinski definition) is 4. The Morgan fingerprint density at radius 1 is 1.59 bits per heavy atom. The number of ether oxygens (including phenoxy) is 1. The van der Waals surface area contributed by atoms with Crippen LogP contribution in [-0.2, 0) is 0 Å². The third-order valence-electron chi connectivity index (χ3n) is 2.44. The van der Waals surface area contributed by atoms with Crippen LogP contribution in [-0.4, -0.2) is 30.8 Å². The van der Waals surface area contributed by atoms with Gasteiger partial charge in [0.25, 0.3) is 5.91 Å². The van der Waals surface area contributed by atoms with Gasteiger partial charge < -0.3 is 20.9 Å². The van der Waals surface area contributed by atoms with Gasteiger partial charge in [0.15, 0.2) is 0 Å². The first-order chi connectivity index (χ1) is 8.08. The van der Waals surface area contributed by atoms with E-state index in [1.165, 1.54) is 7.11 Å². The molecule has 0 heterocycles. The summed E-state index contributed by atoms with van der Waals surface area (Å²) in [5, 5.41) is 12.0. The number of hydrogen-bond donors (Lipinski definition) is 3. The molecule has 0 saturated carbocycles. The number of methoxy groups -OCH3 is 1. The molecule has 1 atom stereocenters. The highest BCUT2D eigenvalue weighted by Gasteiger charge is 2.13. The molecule has 0 bridgehead atoms. The number of benzene rings is 1. The summed E-state index contributed by atoms with van der Waals surface area (Å²) in [7, 11) is 1.49. The molecule has 4 N–H and O–H groups in total. The zero-order valence-corrected chi connectivity index (χ0v) is 10.1. The molecule has 0 aromatic heterocycles. The maximum atomic E-state index is 11.8. The van der Waals surface area contributed by atoms with Crippen molar-refractivity contribution in [2.24, 2.45) is 0 Å². The van der Waals surface area contributed by atoms with Crippen LogP contribution in [0.1, 0.15) is 23.7 Å². The number of rotatable bonds is 5. The van der Waals surface area contributed by atoms with Gasteiger partial charge in [-0.3, -0.25) is 4.79 Å². The van der Waals surface area contributed by atoms with E-state index in [0.717, 1.165) is 0 Å². The Morgan fingerprint density at radius 2 is 2.29 bits per heavy atom. The van der Waals surface area contributed by atoms with Crippen molar-refractivity contribution in [3.8, 4) is 5.75 Å². The van der Waals surface area contributed by atoms with Crippen molar-refractivity contribution in [1.29, 1.82) is 0 Å². The molecule has 1 aromatic rings. The zero-order valence-electron chi connectivity index (χ0n) is 10.1. The summed E-state index contributed by atoms with van der Waals surface area (Å²) in [6, 6.07) is 4.85. The maximum absolute atomic E-state index is 11.8. The van der Waals surface area contributed by atoms with Gasteiger partial charge in [-0.25, -0.2) is 0 Å². The van der Waals surface area contributed by atoms with E-state index in [1.807, 2.05) is 6.92 Å². The van der Waals surface area contributed by atoms with E-state index in [2.05, 4.69) is 5.32 Å². The van der Waals surface area contributed by atoms with E-state index in [1.54, 1.807) is 18.2 Å². The predicted molar refractivity (Wildman–Crippen MR) is 66.0 cm³/mol. The summed E-state index contributed by atoms with van der Waals surface area (Å²) in [6.45, 7) is 2.06. The highest BCUT2D eigenvalue weighted by atomic mass is 16.5. The lowest BCUT2D eigenvalue weighted by molar-refractivity contribution is 0.0911. The average molecular weight is 238 g/mol. The number of nitrogens with two attached hydrogens (primary N) is 1. The Kier molecular flexibility index (Phi) is 4.78. The molecule has 0 aliphatic carbocycles. The largest absolute Gasteiger partial charge is 0.496 e. The van der Waals surface area contributed by atoms with E-state index < -0.39 is 6.10 Å². The van der Waals surface area contributed by atoms with Gasteiger partial charge in [0.1, 0.15) is 5.75 Å². The monoisotopic (exact) mass is 238 g/mol. The number of carbonyl (C=O) groups excluding carboxylic acids is 1. The minimum atomic E-state index is -0.536. The molecule has 17 heavy (non-hydrogen) atoms. The fourth-order valence-corrected chi connectivity index (χ4v) is 1.35. The van der Waals surface area contributed by atoms with Crippen LogP contribution in [0.3, 0.4) is 0 Å². The molecule has 0 aliphatic rings. The van der Waals surface area contributed by atoms with Crippen molar-refractivity contribution in [1.82, 2.24) is 5.32 Å². The molecule has 0 aliphatic heterocycles. The van der Waals surface area contributed by atoms with Gasteiger partial charge in [0.2, 0.25) is 0 Å². The van der Waals surface area contributed by atoms with Crippen LogP contribution >= 0.6 is 0 Å². The van der Waals surface area contributed by atoms with Crippen molar-refractivity contribution in [2.75, 3.05) is 19.4 Å². The predicted octanol–water partition coefficient (Wildman–Crippen LogP) is 0.778. The summed E-state index contributed by atoms with van der Waals surface area (Å²) in [5.41, 5.74) is 6.48. The van der Waals surface area contributed by atoms with Crippen molar-refractivity contribution in [3.05, 3.63) is 23.8 Å². The molecule has 94 valence electrons. The number of nitrogens with one attached hydrogen (secondary N) is 1. The molecule has 0 fully saturated rings. The number of carbonyl (C=O) groups is 1. The first-order valence-corrected chi connectivity index (χ1v) is 5.48. The fraction of sp³-hybridized carbons (Fsp3) is 0.417. The number of aliphatic hydroxyl groups is 1. The van der Waals surface area contributed by atoms with Crippen LogP contribution in [0, 0.1) is 0 Å². The van der Waals surface area contributed by atoms with Gasteiger partial charge in [0, 0.05) is 12.2 Å². The average Bonchev–Trinajstić information content (AvgIpc) is 2.35. The molecular weight excluding hydrogens is 220 g/mol. The smallest absolute Gasteiger partial charge is 0.255 e. The summed E-state index contributed by atoms with van der Waals surface area (Å²) in [5.74, 6) is 0.157. The second-order valence-corrected chi connectivity index (χ2v) is 3.73. The van der Waals surface area contributed by atoms with Gasteiger partial charge >= 0.3 is 0 Å². The minimum Gasteiger partial charge on any atom is -0.496 e. The maximum Gasteiger partial charge on any atom is 0.255 e. The van der Waals surface area contributed by atoms with Gasteiger partial charge in [0.05, 0.1) is 18.8 Å². The van der Waals surface area contributed by atoms with Crippen LogP contribution in [0.15, 0.2) is 18.2 Å². The minimum absolute atomic E-state index is 0.216. The highest BCUT2D eigenvalue weighted by Crippen LogP contribution is 2.20. The third kappa shape index (κ3) is 3.64. The molecule has 1 unspecified atom stereocenters. The van der Waals surface area contributed by atoms with Gasteiger partial charge in [-0.15, -0.1) is 0 Å². The first-order valence-electron chi connectivity index (χ1n) is 5.48. The van der Waals surface area contributed by atoms with Crippen LogP contribution in [0.4, 0.5) is 5.69 Å². The summed E-state index contributed by atoms with van der Waals surface area (Å²) >= 11 is 0. The Balaban J connectivity index is 2.77. The first kappa shape index (κ1) is 13.3. The van der Waals surface area contributed by atoms with Crippen LogP contribution in [0.2, 0.25) is 0 Å². The standard InChI is InChI=1S/C12H18N2O3/c1-3-9(15)7-14-12(16)10-6-8(13)4-5-11(10)17-2/h4-6,9,15H,3,7,13H2,1-2H3,(H,14,16). The van der Waals surface area contributed by atoms with E-state index in [-0.39, 0.29) is 12.5 Å². The van der Waals surface area contributed by atoms with E-state index in [4.69, 9.17) is 10.5 Å². The quantitative estimate of drug-likeness (QED) is 0.662. The molecule has 1 amide bonds. The lowest BCUT2D eigenvalue weighted by atomic mass is 10.1. The number of aliphatic hydroxyl groups excluding tert-OH is 1. The summed E-state index contributed by atoms with van der Waals surface area (Å²) < 4.78 is 5.08. The van der Waals surface area contributed by atoms with Crippen molar-refractivity contribution in [2.45, 2.75) is 19.4 Å². The SMILES string of the molecule is CCC(O)CNC(=O)c1cc(N)ccc1OC. The van der Waals surface area contributed by atoms with Gasteiger partial charge in [-0.05, 0) is 24.6 Å². The molecule has 0 radical (unpaired) electrons. The van der Waals surface area contributed by atoms with Gasteiger partial charge in [-0.2, -0.15) is 0 Å². The number of anilines is 1. The molecule has 0 spiro atoms. The van der Waals surface area contributed by atoms with E-state index >= 15 is 0 Å². The lowest BCUT2D eigenvalue weighted by Crippen LogP contribution is -2.32. The Morgan fingerprint density at radius 3 is 2.88 bits per heavy atom. The van der Waals surface area contributed by atoms with Gasteiger partial charge in [-0.1, -0.05) is 6.92 Å². The van der Waals surface area contributed by atoms with E-state index in [9.17, 15) is 9.90 Å². The highest BCUT2D eigenvalue weighted by molar-refractivity contribution is 5.97. The van der Waals surface area contributed by atoms with Crippen LogP contribution in [0.5, 0.6) is 5.75 Å². The van der Waals surface area contributed by atoms with Crippen molar-refractivity contribution >= 4 is 11.6 Å². The summed E-state index contributed by atoms with van der Waals surface area (Å²) in [4.78, 5) is 11.8. The van der Waals surface area contributed by atoms with Crippen LogP contribution < -0.4 is 15.8 Å². The Bertz CT molecular complexity index is 393. The van der Waals surface area contributed by atoms with Crippen molar-refractivity contribution < 1.29 is 14.6 Å². The Hall–Kier alpha value is -1.75. The lowest BCUT2D eigenvalue weighted by Gasteiger charge is -2.12. The molecular formula is C12H18N2O3. The van der Waals surface area contributed by atoms with Crippen LogP contribution in [0.25, 0.3) is 0 Å². The second kappa shape index (κ2) is 6.10. The molecule has 1 rings (SSSR count).